The third-order valence-corrected chi connectivity index (χ3v) is 3.16. The number of hydrogen-bond acceptors (Lipinski definition) is 6. The highest BCUT2D eigenvalue weighted by Crippen LogP contribution is 2.19. The summed E-state index contributed by atoms with van der Waals surface area (Å²) in [6.45, 7) is 0.593. The molecule has 1 saturated heterocycles. The Morgan fingerprint density at radius 1 is 1.63 bits per heavy atom. The second-order valence-electron chi connectivity index (χ2n) is 4.18. The van der Waals surface area contributed by atoms with Crippen LogP contribution in [-0.4, -0.2) is 30.1 Å². The standard InChI is InChI=1S/C12H13ClN2O4/c13-10-9(14)5-8(6-15-10)12(17)19-4-2-7-1-3-18-11(7)16/h5-7H,1-4,14H2. The molecule has 0 saturated carbocycles. The third kappa shape index (κ3) is 3.35. The molecule has 2 N–H and O–H groups in total. The number of carbonyl (C=O) groups is 2. The van der Waals surface area contributed by atoms with Gasteiger partial charge in [-0.15, -0.1) is 0 Å². The van der Waals surface area contributed by atoms with E-state index in [0.717, 1.165) is 0 Å². The Balaban J connectivity index is 1.84. The lowest BCUT2D eigenvalue weighted by Gasteiger charge is -2.07. The summed E-state index contributed by atoms with van der Waals surface area (Å²) in [6, 6.07) is 1.40. The maximum Gasteiger partial charge on any atom is 0.339 e. The molecule has 1 atom stereocenters. The molecular weight excluding hydrogens is 272 g/mol. The van der Waals surface area contributed by atoms with E-state index in [1.807, 2.05) is 0 Å². The number of carbonyl (C=O) groups excluding carboxylic acids is 2. The Labute approximate surface area is 114 Å². The summed E-state index contributed by atoms with van der Waals surface area (Å²) in [6.07, 6.45) is 2.43. The van der Waals surface area contributed by atoms with Crippen molar-refractivity contribution in [3.05, 3.63) is 23.0 Å². The SMILES string of the molecule is Nc1cc(C(=O)OCCC2CCOC2=O)cnc1Cl. The molecule has 2 rings (SSSR count). The van der Waals surface area contributed by atoms with Crippen LogP contribution in [-0.2, 0) is 14.3 Å². The molecule has 0 radical (unpaired) electrons. The van der Waals surface area contributed by atoms with Crippen LogP contribution in [0.25, 0.3) is 0 Å². The van der Waals surface area contributed by atoms with Gasteiger partial charge in [-0.1, -0.05) is 11.6 Å². The van der Waals surface area contributed by atoms with Gasteiger partial charge in [-0.05, 0) is 18.9 Å². The number of rotatable bonds is 4. The monoisotopic (exact) mass is 284 g/mol. The molecular formula is C12H13ClN2O4. The summed E-state index contributed by atoms with van der Waals surface area (Å²) >= 11 is 5.65. The molecule has 19 heavy (non-hydrogen) atoms. The Morgan fingerprint density at radius 3 is 3.05 bits per heavy atom. The van der Waals surface area contributed by atoms with Crippen LogP contribution >= 0.6 is 11.6 Å². The van der Waals surface area contributed by atoms with Gasteiger partial charge in [-0.2, -0.15) is 0 Å². The number of cyclic esters (lactones) is 1. The van der Waals surface area contributed by atoms with E-state index < -0.39 is 5.97 Å². The van der Waals surface area contributed by atoms with Crippen molar-refractivity contribution in [2.75, 3.05) is 18.9 Å². The van der Waals surface area contributed by atoms with Crippen molar-refractivity contribution in [1.82, 2.24) is 4.98 Å². The first-order valence-electron chi connectivity index (χ1n) is 5.82. The molecule has 0 bridgehead atoms. The fourth-order valence-electron chi connectivity index (χ4n) is 1.75. The number of halogens is 1. The van der Waals surface area contributed by atoms with E-state index in [1.165, 1.54) is 12.3 Å². The minimum absolute atomic E-state index is 0.144. The molecule has 1 fully saturated rings. The van der Waals surface area contributed by atoms with Crippen molar-refractivity contribution in [2.45, 2.75) is 12.8 Å². The van der Waals surface area contributed by atoms with Crippen molar-refractivity contribution in [3.63, 3.8) is 0 Å². The second-order valence-corrected chi connectivity index (χ2v) is 4.54. The molecule has 0 spiro atoms. The van der Waals surface area contributed by atoms with Crippen LogP contribution in [0.3, 0.4) is 0 Å². The quantitative estimate of drug-likeness (QED) is 0.664. The molecule has 1 aliphatic heterocycles. The highest BCUT2D eigenvalue weighted by atomic mass is 35.5. The van der Waals surface area contributed by atoms with Gasteiger partial charge in [0.2, 0.25) is 0 Å². The molecule has 2 heterocycles. The molecule has 1 unspecified atom stereocenters. The number of nitrogens with zero attached hydrogens (tertiary/aromatic N) is 1. The van der Waals surface area contributed by atoms with Gasteiger partial charge in [0.15, 0.2) is 5.15 Å². The largest absolute Gasteiger partial charge is 0.465 e. The third-order valence-electron chi connectivity index (χ3n) is 2.85. The number of nitrogen functional groups attached to an aromatic ring is 1. The molecule has 102 valence electrons. The van der Waals surface area contributed by atoms with Crippen LogP contribution in [0, 0.1) is 5.92 Å². The zero-order valence-corrected chi connectivity index (χ0v) is 10.9. The van der Waals surface area contributed by atoms with Gasteiger partial charge in [0.25, 0.3) is 0 Å². The fourth-order valence-corrected chi connectivity index (χ4v) is 1.86. The van der Waals surface area contributed by atoms with Crippen LogP contribution in [0.5, 0.6) is 0 Å². The van der Waals surface area contributed by atoms with Gasteiger partial charge in [0, 0.05) is 6.20 Å². The highest BCUT2D eigenvalue weighted by molar-refractivity contribution is 6.31. The van der Waals surface area contributed by atoms with Gasteiger partial charge in [0.05, 0.1) is 30.4 Å². The van der Waals surface area contributed by atoms with Crippen molar-refractivity contribution >= 4 is 29.2 Å². The normalized spacial score (nSPS) is 18.2. The number of aromatic nitrogens is 1. The maximum absolute atomic E-state index is 11.7. The first kappa shape index (κ1) is 13.6. The number of anilines is 1. The summed E-state index contributed by atoms with van der Waals surface area (Å²) in [7, 11) is 0. The number of nitrogens with two attached hydrogens (primary N) is 1. The topological polar surface area (TPSA) is 91.5 Å². The van der Waals surface area contributed by atoms with Crippen LogP contribution < -0.4 is 5.73 Å². The van der Waals surface area contributed by atoms with E-state index in [-0.39, 0.29) is 34.9 Å². The smallest absolute Gasteiger partial charge is 0.339 e. The molecule has 6 nitrogen and oxygen atoms in total. The average Bonchev–Trinajstić information content (AvgIpc) is 2.78. The van der Waals surface area contributed by atoms with Crippen LogP contribution in [0.2, 0.25) is 5.15 Å². The zero-order chi connectivity index (χ0) is 13.8. The number of hydrogen-bond donors (Lipinski definition) is 1. The van der Waals surface area contributed by atoms with E-state index in [9.17, 15) is 9.59 Å². The van der Waals surface area contributed by atoms with E-state index in [2.05, 4.69) is 4.98 Å². The lowest BCUT2D eigenvalue weighted by molar-refractivity contribution is -0.141. The molecule has 0 aromatic carbocycles. The number of ether oxygens (including phenoxy) is 2. The van der Waals surface area contributed by atoms with Gasteiger partial charge in [0.1, 0.15) is 0 Å². The fraction of sp³-hybridized carbons (Fsp3) is 0.417. The zero-order valence-electron chi connectivity index (χ0n) is 10.1. The van der Waals surface area contributed by atoms with Crippen LogP contribution in [0.15, 0.2) is 12.3 Å². The summed E-state index contributed by atoms with van der Waals surface area (Å²) in [5.41, 5.74) is 5.99. The van der Waals surface area contributed by atoms with Crippen molar-refractivity contribution < 1.29 is 19.1 Å². The predicted molar refractivity (Wildman–Crippen MR) is 67.6 cm³/mol. The Bertz CT molecular complexity index is 507. The predicted octanol–water partition coefficient (Wildman–Crippen LogP) is 1.43. The van der Waals surface area contributed by atoms with Gasteiger partial charge >= 0.3 is 11.9 Å². The van der Waals surface area contributed by atoms with Crippen molar-refractivity contribution in [2.24, 2.45) is 5.92 Å². The molecule has 0 aliphatic carbocycles. The first-order valence-corrected chi connectivity index (χ1v) is 6.20. The summed E-state index contributed by atoms with van der Waals surface area (Å²) in [5.74, 6) is -0.947. The highest BCUT2D eigenvalue weighted by Gasteiger charge is 2.26. The van der Waals surface area contributed by atoms with Crippen molar-refractivity contribution in [1.29, 1.82) is 0 Å². The lowest BCUT2D eigenvalue weighted by Crippen LogP contribution is -2.14. The lowest BCUT2D eigenvalue weighted by atomic mass is 10.1. The van der Waals surface area contributed by atoms with Crippen molar-refractivity contribution in [3.8, 4) is 0 Å². The number of pyridine rings is 1. The van der Waals surface area contributed by atoms with Gasteiger partial charge < -0.3 is 15.2 Å². The maximum atomic E-state index is 11.7. The van der Waals surface area contributed by atoms with Gasteiger partial charge in [-0.25, -0.2) is 9.78 Å². The molecule has 7 heteroatoms. The number of esters is 2. The Kier molecular flexibility index (Phi) is 4.21. The summed E-state index contributed by atoms with van der Waals surface area (Å²) in [5, 5.41) is 0.144. The van der Waals surface area contributed by atoms with E-state index >= 15 is 0 Å². The molecule has 1 aromatic rings. The molecule has 1 aliphatic rings. The summed E-state index contributed by atoms with van der Waals surface area (Å²) < 4.78 is 9.86. The van der Waals surface area contributed by atoms with Gasteiger partial charge in [-0.3, -0.25) is 4.79 Å². The van der Waals surface area contributed by atoms with Crippen LogP contribution in [0.4, 0.5) is 5.69 Å². The Hall–Kier alpha value is -1.82. The van der Waals surface area contributed by atoms with E-state index in [4.69, 9.17) is 26.8 Å². The second kappa shape index (κ2) is 5.88. The Morgan fingerprint density at radius 2 is 2.42 bits per heavy atom. The minimum Gasteiger partial charge on any atom is -0.465 e. The first-order chi connectivity index (χ1) is 9.08. The average molecular weight is 285 g/mol. The summed E-state index contributed by atoms with van der Waals surface area (Å²) in [4.78, 5) is 26.6. The minimum atomic E-state index is -0.540. The van der Waals surface area contributed by atoms with E-state index in [1.54, 1.807) is 0 Å². The molecule has 0 amide bonds. The molecule has 1 aromatic heterocycles. The van der Waals surface area contributed by atoms with E-state index in [0.29, 0.717) is 19.4 Å². The van der Waals surface area contributed by atoms with Crippen LogP contribution in [0.1, 0.15) is 23.2 Å².